The zero-order chi connectivity index (χ0) is 18.8. The lowest BCUT2D eigenvalue weighted by atomic mass is 10.2. The van der Waals surface area contributed by atoms with Crippen LogP contribution in [-0.2, 0) is 6.54 Å². The Kier molecular flexibility index (Phi) is 5.09. The highest BCUT2D eigenvalue weighted by Gasteiger charge is 2.15. The van der Waals surface area contributed by atoms with Gasteiger partial charge >= 0.3 is 0 Å². The molecule has 0 saturated carbocycles. The molecular formula is C21H15Br2N3O. The number of nitrogens with one attached hydrogen (secondary N) is 1. The monoisotopic (exact) mass is 483 g/mol. The summed E-state index contributed by atoms with van der Waals surface area (Å²) in [5.74, 6) is 0.505. The number of fused-ring (bicyclic) bond motifs is 1. The Bertz CT molecular complexity index is 1170. The van der Waals surface area contributed by atoms with E-state index >= 15 is 0 Å². The fraction of sp³-hybridized carbons (Fsp3) is 0.0476. The number of hydrogen-bond donors (Lipinski definition) is 1. The quantitative estimate of drug-likeness (QED) is 0.414. The Morgan fingerprint density at radius 3 is 2.44 bits per heavy atom. The van der Waals surface area contributed by atoms with Crippen LogP contribution in [0.2, 0.25) is 0 Å². The first-order valence-electron chi connectivity index (χ1n) is 8.38. The summed E-state index contributed by atoms with van der Waals surface area (Å²) in [4.78, 5) is 18.0. The first-order valence-corrected chi connectivity index (χ1v) is 9.97. The number of anilines is 1. The summed E-state index contributed by atoms with van der Waals surface area (Å²) in [6.45, 7) is 0.569. The van der Waals surface area contributed by atoms with Crippen molar-refractivity contribution in [3.63, 3.8) is 0 Å². The molecule has 1 N–H and O–H groups in total. The number of hydrogen-bond acceptors (Lipinski definition) is 3. The molecule has 0 radical (unpaired) electrons. The van der Waals surface area contributed by atoms with Crippen molar-refractivity contribution < 1.29 is 0 Å². The van der Waals surface area contributed by atoms with Crippen molar-refractivity contribution in [2.75, 3.05) is 5.32 Å². The maximum atomic E-state index is 13.2. The molecular weight excluding hydrogens is 470 g/mol. The molecule has 6 heteroatoms. The second-order valence-electron chi connectivity index (χ2n) is 6.03. The predicted octanol–water partition coefficient (Wildman–Crippen LogP) is 5.52. The van der Waals surface area contributed by atoms with Crippen molar-refractivity contribution >= 4 is 48.7 Å². The average molecular weight is 485 g/mol. The van der Waals surface area contributed by atoms with Crippen molar-refractivity contribution in [3.05, 3.63) is 97.7 Å². The molecule has 4 aromatic rings. The van der Waals surface area contributed by atoms with E-state index in [2.05, 4.69) is 37.2 Å². The molecule has 0 fully saturated rings. The zero-order valence-corrected chi connectivity index (χ0v) is 17.4. The van der Waals surface area contributed by atoms with Gasteiger partial charge in [0, 0.05) is 15.5 Å². The van der Waals surface area contributed by atoms with Gasteiger partial charge in [-0.05, 0) is 51.8 Å². The van der Waals surface area contributed by atoms with Crippen molar-refractivity contribution in [2.24, 2.45) is 0 Å². The maximum Gasteiger partial charge on any atom is 0.267 e. The summed E-state index contributed by atoms with van der Waals surface area (Å²) in [6, 6.07) is 23.1. The van der Waals surface area contributed by atoms with Crippen molar-refractivity contribution in [3.8, 4) is 5.69 Å². The SMILES string of the molecule is O=c1c2ccccc2nc(NCc2ccccc2)n1-c1ccc(Br)cc1Br. The molecule has 0 aliphatic rings. The van der Waals surface area contributed by atoms with Crippen LogP contribution in [0.15, 0.2) is 86.5 Å². The molecule has 1 aromatic heterocycles. The van der Waals surface area contributed by atoms with Crippen molar-refractivity contribution in [2.45, 2.75) is 6.54 Å². The van der Waals surface area contributed by atoms with Crippen LogP contribution in [0.5, 0.6) is 0 Å². The first kappa shape index (κ1) is 17.9. The van der Waals surface area contributed by atoms with Gasteiger partial charge in [0.15, 0.2) is 0 Å². The highest BCUT2D eigenvalue weighted by atomic mass is 79.9. The topological polar surface area (TPSA) is 46.9 Å². The molecule has 0 bridgehead atoms. The van der Waals surface area contributed by atoms with Crippen LogP contribution in [0.4, 0.5) is 5.95 Å². The molecule has 134 valence electrons. The number of para-hydroxylation sites is 1. The lowest BCUT2D eigenvalue weighted by Crippen LogP contribution is -2.24. The van der Waals surface area contributed by atoms with Gasteiger partial charge in [-0.25, -0.2) is 9.55 Å². The number of aromatic nitrogens is 2. The van der Waals surface area contributed by atoms with Crippen LogP contribution in [0, 0.1) is 0 Å². The summed E-state index contributed by atoms with van der Waals surface area (Å²) < 4.78 is 3.35. The molecule has 0 atom stereocenters. The first-order chi connectivity index (χ1) is 13.1. The molecule has 1 heterocycles. The van der Waals surface area contributed by atoms with Gasteiger partial charge < -0.3 is 5.32 Å². The van der Waals surface area contributed by atoms with E-state index in [0.717, 1.165) is 20.2 Å². The Morgan fingerprint density at radius 2 is 1.67 bits per heavy atom. The largest absolute Gasteiger partial charge is 0.351 e. The lowest BCUT2D eigenvalue weighted by molar-refractivity contribution is 0.934. The third-order valence-corrected chi connectivity index (χ3v) is 5.35. The van der Waals surface area contributed by atoms with Gasteiger partial charge in [0.05, 0.1) is 16.6 Å². The fourth-order valence-corrected chi connectivity index (χ4v) is 4.14. The van der Waals surface area contributed by atoms with E-state index in [9.17, 15) is 4.79 Å². The van der Waals surface area contributed by atoms with Crippen LogP contribution < -0.4 is 10.9 Å². The minimum atomic E-state index is -0.112. The molecule has 0 spiro atoms. The summed E-state index contributed by atoms with van der Waals surface area (Å²) in [5, 5.41) is 3.90. The highest BCUT2D eigenvalue weighted by Crippen LogP contribution is 2.27. The summed E-state index contributed by atoms with van der Waals surface area (Å²) in [5.41, 5.74) is 2.40. The maximum absolute atomic E-state index is 13.2. The third-order valence-electron chi connectivity index (χ3n) is 4.22. The molecule has 0 unspecified atom stereocenters. The summed E-state index contributed by atoms with van der Waals surface area (Å²) in [7, 11) is 0. The van der Waals surface area contributed by atoms with Gasteiger partial charge in [0.25, 0.3) is 5.56 Å². The number of rotatable bonds is 4. The second kappa shape index (κ2) is 7.66. The van der Waals surface area contributed by atoms with Crippen LogP contribution in [0.3, 0.4) is 0 Å². The van der Waals surface area contributed by atoms with E-state index in [4.69, 9.17) is 4.98 Å². The van der Waals surface area contributed by atoms with E-state index in [1.807, 2.05) is 66.7 Å². The molecule has 3 aromatic carbocycles. The number of nitrogens with zero attached hydrogens (tertiary/aromatic N) is 2. The molecule has 4 rings (SSSR count). The number of benzene rings is 3. The van der Waals surface area contributed by atoms with Crippen LogP contribution in [0.25, 0.3) is 16.6 Å². The van der Waals surface area contributed by atoms with E-state index in [-0.39, 0.29) is 5.56 Å². The summed E-state index contributed by atoms with van der Waals surface area (Å²) >= 11 is 7.03. The molecule has 0 saturated heterocycles. The molecule has 0 amide bonds. The fourth-order valence-electron chi connectivity index (χ4n) is 2.91. The van der Waals surface area contributed by atoms with Crippen LogP contribution in [0.1, 0.15) is 5.56 Å². The minimum absolute atomic E-state index is 0.112. The third kappa shape index (κ3) is 3.68. The van der Waals surface area contributed by atoms with Crippen LogP contribution >= 0.6 is 31.9 Å². The Balaban J connectivity index is 1.89. The van der Waals surface area contributed by atoms with Gasteiger partial charge in [-0.2, -0.15) is 0 Å². The van der Waals surface area contributed by atoms with Gasteiger partial charge in [-0.15, -0.1) is 0 Å². The normalized spacial score (nSPS) is 10.9. The van der Waals surface area contributed by atoms with E-state index in [0.29, 0.717) is 23.4 Å². The highest BCUT2D eigenvalue weighted by molar-refractivity contribution is 9.11. The molecule has 4 nitrogen and oxygen atoms in total. The zero-order valence-electron chi connectivity index (χ0n) is 14.2. The predicted molar refractivity (Wildman–Crippen MR) is 117 cm³/mol. The van der Waals surface area contributed by atoms with E-state index in [1.165, 1.54) is 0 Å². The molecule has 0 aliphatic carbocycles. The number of halogens is 2. The minimum Gasteiger partial charge on any atom is -0.351 e. The summed E-state index contributed by atoms with van der Waals surface area (Å²) in [6.07, 6.45) is 0. The van der Waals surface area contributed by atoms with E-state index < -0.39 is 0 Å². The van der Waals surface area contributed by atoms with Gasteiger partial charge in [-0.1, -0.05) is 58.4 Å². The smallest absolute Gasteiger partial charge is 0.267 e. The van der Waals surface area contributed by atoms with Crippen LogP contribution in [-0.4, -0.2) is 9.55 Å². The van der Waals surface area contributed by atoms with Crippen molar-refractivity contribution in [1.82, 2.24) is 9.55 Å². The Hall–Kier alpha value is -2.44. The van der Waals surface area contributed by atoms with Gasteiger partial charge in [-0.3, -0.25) is 4.79 Å². The van der Waals surface area contributed by atoms with Gasteiger partial charge in [0.2, 0.25) is 5.95 Å². The molecule has 0 aliphatic heterocycles. The molecule has 27 heavy (non-hydrogen) atoms. The van der Waals surface area contributed by atoms with Gasteiger partial charge in [0.1, 0.15) is 0 Å². The van der Waals surface area contributed by atoms with Crippen molar-refractivity contribution in [1.29, 1.82) is 0 Å². The lowest BCUT2D eigenvalue weighted by Gasteiger charge is -2.16. The standard InChI is InChI=1S/C21H15Br2N3O/c22-15-10-11-19(17(23)12-15)26-20(27)16-8-4-5-9-18(16)25-21(26)24-13-14-6-2-1-3-7-14/h1-12H,13H2,(H,24,25). The Labute approximate surface area is 173 Å². The Morgan fingerprint density at radius 1 is 0.926 bits per heavy atom. The van der Waals surface area contributed by atoms with E-state index in [1.54, 1.807) is 10.6 Å². The second-order valence-corrected chi connectivity index (χ2v) is 7.80. The average Bonchev–Trinajstić information content (AvgIpc) is 2.68.